The Bertz CT molecular complexity index is 425. The summed E-state index contributed by atoms with van der Waals surface area (Å²) in [5, 5.41) is 3.42. The summed E-state index contributed by atoms with van der Waals surface area (Å²) in [7, 11) is 0. The highest BCUT2D eigenvalue weighted by molar-refractivity contribution is 6.30. The van der Waals surface area contributed by atoms with Gasteiger partial charge in [0.05, 0.1) is 6.54 Å². The standard InChI is InChI=1S/C12H18ClN5/c1-2-7-16-11(14)18-12(15)17-8-9-3-5-10(13)6-4-9/h3-6H,2,7-8H2,1H3,(H5,14,15,16,17,18). The summed E-state index contributed by atoms with van der Waals surface area (Å²) in [6, 6.07) is 7.42. The molecule has 0 aliphatic rings. The van der Waals surface area contributed by atoms with Crippen molar-refractivity contribution in [2.24, 2.45) is 21.5 Å². The van der Waals surface area contributed by atoms with Crippen molar-refractivity contribution < 1.29 is 0 Å². The first-order valence-electron chi connectivity index (χ1n) is 5.73. The maximum absolute atomic E-state index is 5.79. The molecule has 0 aliphatic carbocycles. The summed E-state index contributed by atoms with van der Waals surface area (Å²) >= 11 is 5.79. The number of nitrogens with zero attached hydrogens (tertiary/aromatic N) is 2. The van der Waals surface area contributed by atoms with Crippen molar-refractivity contribution in [1.82, 2.24) is 5.32 Å². The fourth-order valence-corrected chi connectivity index (χ4v) is 1.33. The van der Waals surface area contributed by atoms with Crippen LogP contribution in [0.15, 0.2) is 34.3 Å². The molecule has 1 aromatic carbocycles. The quantitative estimate of drug-likeness (QED) is 0.570. The van der Waals surface area contributed by atoms with Crippen LogP contribution in [0.2, 0.25) is 5.02 Å². The van der Waals surface area contributed by atoms with Crippen LogP contribution in [0.1, 0.15) is 18.9 Å². The van der Waals surface area contributed by atoms with Crippen molar-refractivity contribution in [2.45, 2.75) is 19.9 Å². The highest BCUT2D eigenvalue weighted by Gasteiger charge is 1.96. The van der Waals surface area contributed by atoms with E-state index in [0.29, 0.717) is 18.1 Å². The maximum atomic E-state index is 5.79. The van der Waals surface area contributed by atoms with Crippen LogP contribution >= 0.6 is 11.6 Å². The van der Waals surface area contributed by atoms with Gasteiger partial charge < -0.3 is 11.5 Å². The SMILES string of the molecule is CCCN=C(N)NC(N)=NCc1ccc(Cl)cc1. The lowest BCUT2D eigenvalue weighted by molar-refractivity contribution is 0.920. The first kappa shape index (κ1) is 14.3. The first-order valence-corrected chi connectivity index (χ1v) is 6.11. The van der Waals surface area contributed by atoms with Crippen LogP contribution in [-0.4, -0.2) is 18.5 Å². The highest BCUT2D eigenvalue weighted by Crippen LogP contribution is 2.09. The van der Waals surface area contributed by atoms with E-state index in [0.717, 1.165) is 12.0 Å². The number of guanidine groups is 2. The molecule has 98 valence electrons. The van der Waals surface area contributed by atoms with Crippen molar-refractivity contribution in [3.05, 3.63) is 34.9 Å². The minimum Gasteiger partial charge on any atom is -0.370 e. The molecule has 0 aliphatic heterocycles. The first-order chi connectivity index (χ1) is 8.61. The summed E-state index contributed by atoms with van der Waals surface area (Å²) in [6.07, 6.45) is 0.935. The number of benzene rings is 1. The molecule has 0 fully saturated rings. The van der Waals surface area contributed by atoms with E-state index in [1.807, 2.05) is 31.2 Å². The van der Waals surface area contributed by atoms with Crippen LogP contribution in [0.4, 0.5) is 0 Å². The molecule has 0 amide bonds. The van der Waals surface area contributed by atoms with E-state index in [-0.39, 0.29) is 11.9 Å². The van der Waals surface area contributed by atoms with Gasteiger partial charge in [-0.25, -0.2) is 4.99 Å². The van der Waals surface area contributed by atoms with Gasteiger partial charge in [-0.1, -0.05) is 30.7 Å². The third-order valence-corrected chi connectivity index (χ3v) is 2.36. The molecule has 0 heterocycles. The Morgan fingerprint density at radius 3 is 2.39 bits per heavy atom. The van der Waals surface area contributed by atoms with Crippen LogP contribution in [-0.2, 0) is 6.54 Å². The van der Waals surface area contributed by atoms with Crippen molar-refractivity contribution in [3.63, 3.8) is 0 Å². The van der Waals surface area contributed by atoms with Gasteiger partial charge in [0.25, 0.3) is 0 Å². The van der Waals surface area contributed by atoms with Gasteiger partial charge in [-0.3, -0.25) is 10.3 Å². The normalized spacial score (nSPS) is 12.6. The highest BCUT2D eigenvalue weighted by atomic mass is 35.5. The van der Waals surface area contributed by atoms with Crippen molar-refractivity contribution >= 4 is 23.5 Å². The Kier molecular flexibility index (Phi) is 6.00. The molecule has 5 nitrogen and oxygen atoms in total. The molecule has 0 aromatic heterocycles. The second-order valence-electron chi connectivity index (χ2n) is 3.72. The van der Waals surface area contributed by atoms with Gasteiger partial charge in [-0.2, -0.15) is 0 Å². The monoisotopic (exact) mass is 267 g/mol. The molecule has 1 rings (SSSR count). The topological polar surface area (TPSA) is 88.8 Å². The van der Waals surface area contributed by atoms with Crippen LogP contribution in [0.25, 0.3) is 0 Å². The number of hydrogen-bond donors (Lipinski definition) is 3. The van der Waals surface area contributed by atoms with Crippen molar-refractivity contribution in [1.29, 1.82) is 0 Å². The van der Waals surface area contributed by atoms with E-state index in [1.165, 1.54) is 0 Å². The molecule has 5 N–H and O–H groups in total. The zero-order chi connectivity index (χ0) is 13.4. The van der Waals surface area contributed by atoms with Gasteiger partial charge in [0.15, 0.2) is 11.9 Å². The lowest BCUT2D eigenvalue weighted by Crippen LogP contribution is -2.41. The molecule has 6 heteroatoms. The van der Waals surface area contributed by atoms with Gasteiger partial charge in [0, 0.05) is 11.6 Å². The average molecular weight is 268 g/mol. The zero-order valence-electron chi connectivity index (χ0n) is 10.4. The van der Waals surface area contributed by atoms with Gasteiger partial charge in [0.1, 0.15) is 0 Å². The van der Waals surface area contributed by atoms with Crippen LogP contribution in [0, 0.1) is 0 Å². The van der Waals surface area contributed by atoms with Crippen LogP contribution in [0.5, 0.6) is 0 Å². The molecule has 0 radical (unpaired) electrons. The van der Waals surface area contributed by atoms with Crippen LogP contribution < -0.4 is 16.8 Å². The van der Waals surface area contributed by atoms with E-state index in [9.17, 15) is 0 Å². The molecule has 0 saturated carbocycles. The minimum atomic E-state index is 0.252. The molecular formula is C12H18ClN5. The second-order valence-corrected chi connectivity index (χ2v) is 4.16. The average Bonchev–Trinajstić information content (AvgIpc) is 2.35. The molecule has 0 bridgehead atoms. The number of halogens is 1. The predicted octanol–water partition coefficient (Wildman–Crippen LogP) is 1.47. The Hall–Kier alpha value is -1.75. The van der Waals surface area contributed by atoms with Gasteiger partial charge in [-0.05, 0) is 24.1 Å². The van der Waals surface area contributed by atoms with Gasteiger partial charge in [-0.15, -0.1) is 0 Å². The van der Waals surface area contributed by atoms with Gasteiger partial charge >= 0.3 is 0 Å². The summed E-state index contributed by atoms with van der Waals surface area (Å²) in [5.41, 5.74) is 12.3. The Balaban J connectivity index is 2.49. The second kappa shape index (κ2) is 7.55. The predicted molar refractivity (Wildman–Crippen MR) is 76.7 cm³/mol. The number of aliphatic imine (C=N–C) groups is 2. The van der Waals surface area contributed by atoms with E-state index >= 15 is 0 Å². The van der Waals surface area contributed by atoms with E-state index in [1.54, 1.807) is 0 Å². The Morgan fingerprint density at radius 2 is 1.78 bits per heavy atom. The van der Waals surface area contributed by atoms with Crippen molar-refractivity contribution in [2.75, 3.05) is 6.54 Å². The van der Waals surface area contributed by atoms with Crippen molar-refractivity contribution in [3.8, 4) is 0 Å². The zero-order valence-corrected chi connectivity index (χ0v) is 11.1. The molecule has 1 aromatic rings. The Morgan fingerprint density at radius 1 is 1.17 bits per heavy atom. The number of nitrogens with one attached hydrogen (secondary N) is 1. The van der Waals surface area contributed by atoms with E-state index < -0.39 is 0 Å². The smallest absolute Gasteiger partial charge is 0.195 e. The lowest BCUT2D eigenvalue weighted by Gasteiger charge is -2.04. The fourth-order valence-electron chi connectivity index (χ4n) is 1.21. The van der Waals surface area contributed by atoms with Crippen LogP contribution in [0.3, 0.4) is 0 Å². The largest absolute Gasteiger partial charge is 0.370 e. The molecule has 0 saturated heterocycles. The van der Waals surface area contributed by atoms with E-state index in [2.05, 4.69) is 15.3 Å². The third-order valence-electron chi connectivity index (χ3n) is 2.11. The number of rotatable bonds is 4. The molecule has 0 spiro atoms. The summed E-state index contributed by atoms with van der Waals surface area (Å²) in [5.74, 6) is 0.538. The number of nitrogens with two attached hydrogens (primary N) is 2. The minimum absolute atomic E-state index is 0.252. The summed E-state index contributed by atoms with van der Waals surface area (Å²) in [4.78, 5) is 8.21. The molecular weight excluding hydrogens is 250 g/mol. The Labute approximate surface area is 112 Å². The van der Waals surface area contributed by atoms with Gasteiger partial charge in [0.2, 0.25) is 0 Å². The third kappa shape index (κ3) is 5.54. The molecule has 18 heavy (non-hydrogen) atoms. The molecule has 0 atom stereocenters. The fraction of sp³-hybridized carbons (Fsp3) is 0.333. The lowest BCUT2D eigenvalue weighted by atomic mass is 10.2. The number of hydrogen-bond acceptors (Lipinski definition) is 2. The maximum Gasteiger partial charge on any atom is 0.195 e. The molecule has 0 unspecified atom stereocenters. The van der Waals surface area contributed by atoms with E-state index in [4.69, 9.17) is 23.1 Å². The summed E-state index contributed by atoms with van der Waals surface area (Å²) < 4.78 is 0. The summed E-state index contributed by atoms with van der Waals surface area (Å²) in [6.45, 7) is 3.16.